The number of benzene rings is 1. The van der Waals surface area contributed by atoms with Gasteiger partial charge in [-0.05, 0) is 19.1 Å². The molecule has 0 bridgehead atoms. The van der Waals surface area contributed by atoms with Gasteiger partial charge in [0.2, 0.25) is 5.82 Å². The van der Waals surface area contributed by atoms with Gasteiger partial charge in [-0.2, -0.15) is 0 Å². The lowest BCUT2D eigenvalue weighted by molar-refractivity contribution is 0.613. The van der Waals surface area contributed by atoms with Gasteiger partial charge in [-0.3, -0.25) is 4.57 Å². The van der Waals surface area contributed by atoms with Crippen LogP contribution in [0.2, 0.25) is 0 Å². The van der Waals surface area contributed by atoms with Crippen LogP contribution in [-0.2, 0) is 6.54 Å². The smallest absolute Gasteiger partial charge is 0.200 e. The first-order valence-corrected chi connectivity index (χ1v) is 7.98. The van der Waals surface area contributed by atoms with Gasteiger partial charge in [-0.15, -0.1) is 16.8 Å². The Kier molecular flexibility index (Phi) is 4.15. The summed E-state index contributed by atoms with van der Waals surface area (Å²) in [6.45, 7) is 10.4. The van der Waals surface area contributed by atoms with E-state index in [2.05, 4.69) is 23.4 Å². The van der Waals surface area contributed by atoms with E-state index in [4.69, 9.17) is 4.42 Å². The van der Waals surface area contributed by atoms with Gasteiger partial charge in [-0.25, -0.2) is 0 Å². The van der Waals surface area contributed by atoms with Crippen molar-refractivity contribution in [1.82, 2.24) is 14.8 Å². The molecule has 0 amide bonds. The van der Waals surface area contributed by atoms with Crippen LogP contribution in [0.1, 0.15) is 6.92 Å². The van der Waals surface area contributed by atoms with Crippen LogP contribution in [0.25, 0.3) is 22.6 Å². The third kappa shape index (κ3) is 2.85. The van der Waals surface area contributed by atoms with Crippen molar-refractivity contribution in [1.29, 1.82) is 0 Å². The standard InChI is InChI=1S/C17H17N3OS/c1-4-9-20-16(18-19-17(20)22-11-12(2)3)15-10-13-7-5-6-8-14(13)21-15/h4-8,10H,1-2,9,11H2,3H3. The summed E-state index contributed by atoms with van der Waals surface area (Å²) in [7, 11) is 0. The molecule has 0 aliphatic heterocycles. The fourth-order valence-corrected chi connectivity index (χ4v) is 2.94. The lowest BCUT2D eigenvalue weighted by atomic mass is 10.2. The van der Waals surface area contributed by atoms with E-state index in [0.717, 1.165) is 39.0 Å². The van der Waals surface area contributed by atoms with Gasteiger partial charge in [0.05, 0.1) is 0 Å². The molecule has 1 aromatic carbocycles. The Morgan fingerprint density at radius 1 is 1.36 bits per heavy atom. The minimum absolute atomic E-state index is 0.637. The van der Waals surface area contributed by atoms with Crippen molar-refractivity contribution in [3.05, 3.63) is 55.1 Å². The average Bonchev–Trinajstić information content (AvgIpc) is 3.08. The SMILES string of the molecule is C=CCn1c(SCC(=C)C)nnc1-c1cc2ccccc2o1. The Balaban J connectivity index is 2.01. The Bertz CT molecular complexity index is 798. The Labute approximate surface area is 133 Å². The predicted octanol–water partition coefficient (Wildman–Crippen LogP) is 4.55. The van der Waals surface area contributed by atoms with Gasteiger partial charge < -0.3 is 4.42 Å². The first kappa shape index (κ1) is 14.7. The molecule has 2 heterocycles. The minimum Gasteiger partial charge on any atom is -0.453 e. The quantitative estimate of drug-likeness (QED) is 0.495. The largest absolute Gasteiger partial charge is 0.453 e. The second-order valence-corrected chi connectivity index (χ2v) is 6.04. The summed E-state index contributed by atoms with van der Waals surface area (Å²) < 4.78 is 7.91. The summed E-state index contributed by atoms with van der Waals surface area (Å²) in [5, 5.41) is 10.5. The molecule has 0 saturated heterocycles. The molecule has 112 valence electrons. The monoisotopic (exact) mass is 311 g/mol. The molecule has 0 saturated carbocycles. The van der Waals surface area contributed by atoms with E-state index in [1.165, 1.54) is 0 Å². The Morgan fingerprint density at radius 3 is 2.91 bits per heavy atom. The topological polar surface area (TPSA) is 43.9 Å². The van der Waals surface area contributed by atoms with Crippen LogP contribution in [-0.4, -0.2) is 20.5 Å². The zero-order valence-electron chi connectivity index (χ0n) is 12.5. The molecule has 0 atom stereocenters. The van der Waals surface area contributed by atoms with Crippen molar-refractivity contribution in [2.75, 3.05) is 5.75 Å². The van der Waals surface area contributed by atoms with E-state index in [1.54, 1.807) is 11.8 Å². The van der Waals surface area contributed by atoms with Gasteiger partial charge >= 0.3 is 0 Å². The minimum atomic E-state index is 0.637. The van der Waals surface area contributed by atoms with Gasteiger partial charge in [0.1, 0.15) is 5.58 Å². The molecule has 4 nitrogen and oxygen atoms in total. The van der Waals surface area contributed by atoms with Crippen LogP contribution < -0.4 is 0 Å². The molecule has 0 unspecified atom stereocenters. The molecular formula is C17H17N3OS. The van der Waals surface area contributed by atoms with Crippen molar-refractivity contribution in [2.24, 2.45) is 0 Å². The number of fused-ring (bicyclic) bond motifs is 1. The molecule has 22 heavy (non-hydrogen) atoms. The van der Waals surface area contributed by atoms with E-state index in [1.807, 2.05) is 47.9 Å². The number of thioether (sulfide) groups is 1. The predicted molar refractivity (Wildman–Crippen MR) is 91.0 cm³/mol. The van der Waals surface area contributed by atoms with Crippen molar-refractivity contribution < 1.29 is 4.42 Å². The van der Waals surface area contributed by atoms with E-state index < -0.39 is 0 Å². The summed E-state index contributed by atoms with van der Waals surface area (Å²) in [5.41, 5.74) is 1.95. The highest BCUT2D eigenvalue weighted by Gasteiger charge is 2.17. The number of hydrogen-bond donors (Lipinski definition) is 0. The highest BCUT2D eigenvalue weighted by molar-refractivity contribution is 7.99. The number of rotatable bonds is 6. The maximum Gasteiger partial charge on any atom is 0.200 e. The fourth-order valence-electron chi connectivity index (χ4n) is 2.15. The molecule has 3 rings (SSSR count). The average molecular weight is 311 g/mol. The molecule has 0 aliphatic carbocycles. The summed E-state index contributed by atoms with van der Waals surface area (Å²) in [5.74, 6) is 2.26. The molecule has 5 heteroatoms. The van der Waals surface area contributed by atoms with E-state index >= 15 is 0 Å². The molecule has 0 aliphatic rings. The number of para-hydroxylation sites is 1. The van der Waals surface area contributed by atoms with Crippen molar-refractivity contribution in [2.45, 2.75) is 18.6 Å². The molecular weight excluding hydrogens is 294 g/mol. The Hall–Kier alpha value is -2.27. The van der Waals surface area contributed by atoms with Crippen molar-refractivity contribution in [3.8, 4) is 11.6 Å². The molecule has 0 fully saturated rings. The highest BCUT2D eigenvalue weighted by atomic mass is 32.2. The van der Waals surface area contributed by atoms with Gasteiger partial charge in [-0.1, -0.05) is 48.2 Å². The van der Waals surface area contributed by atoms with Crippen LogP contribution in [0.3, 0.4) is 0 Å². The Morgan fingerprint density at radius 2 is 2.18 bits per heavy atom. The van der Waals surface area contributed by atoms with Crippen LogP contribution in [0.15, 0.2) is 64.7 Å². The second-order valence-electron chi connectivity index (χ2n) is 5.10. The zero-order valence-corrected chi connectivity index (χ0v) is 13.3. The summed E-state index contributed by atoms with van der Waals surface area (Å²) in [6.07, 6.45) is 1.83. The van der Waals surface area contributed by atoms with Crippen LogP contribution >= 0.6 is 11.8 Å². The number of hydrogen-bond acceptors (Lipinski definition) is 4. The lowest BCUT2D eigenvalue weighted by Crippen LogP contribution is -2.00. The third-order valence-corrected chi connectivity index (χ3v) is 4.32. The van der Waals surface area contributed by atoms with E-state index in [0.29, 0.717) is 6.54 Å². The molecule has 3 aromatic rings. The molecule has 0 N–H and O–H groups in total. The zero-order chi connectivity index (χ0) is 15.5. The summed E-state index contributed by atoms with van der Waals surface area (Å²) in [4.78, 5) is 0. The fraction of sp³-hybridized carbons (Fsp3) is 0.176. The molecule has 0 radical (unpaired) electrons. The summed E-state index contributed by atoms with van der Waals surface area (Å²) >= 11 is 1.62. The maximum atomic E-state index is 5.90. The number of nitrogens with zero attached hydrogens (tertiary/aromatic N) is 3. The van der Waals surface area contributed by atoms with Crippen LogP contribution in [0.5, 0.6) is 0 Å². The first-order valence-electron chi connectivity index (χ1n) is 6.99. The van der Waals surface area contributed by atoms with E-state index in [-0.39, 0.29) is 0 Å². The highest BCUT2D eigenvalue weighted by Crippen LogP contribution is 2.29. The first-order chi connectivity index (χ1) is 10.7. The van der Waals surface area contributed by atoms with Gasteiger partial charge in [0.25, 0.3) is 0 Å². The van der Waals surface area contributed by atoms with Crippen LogP contribution in [0.4, 0.5) is 0 Å². The van der Waals surface area contributed by atoms with Crippen LogP contribution in [0, 0.1) is 0 Å². The van der Waals surface area contributed by atoms with Crippen molar-refractivity contribution >= 4 is 22.7 Å². The number of furan rings is 1. The van der Waals surface area contributed by atoms with Crippen molar-refractivity contribution in [3.63, 3.8) is 0 Å². The number of allylic oxidation sites excluding steroid dienone is 1. The summed E-state index contributed by atoms with van der Waals surface area (Å²) in [6, 6.07) is 9.91. The maximum absolute atomic E-state index is 5.90. The normalized spacial score (nSPS) is 11.0. The van der Waals surface area contributed by atoms with Gasteiger partial charge in [0, 0.05) is 17.7 Å². The number of aromatic nitrogens is 3. The molecule has 0 spiro atoms. The van der Waals surface area contributed by atoms with E-state index in [9.17, 15) is 0 Å². The lowest BCUT2D eigenvalue weighted by Gasteiger charge is -2.05. The molecule has 2 aromatic heterocycles. The van der Waals surface area contributed by atoms with Gasteiger partial charge in [0.15, 0.2) is 10.9 Å². The second kappa shape index (κ2) is 6.23. The third-order valence-electron chi connectivity index (χ3n) is 3.12.